The van der Waals surface area contributed by atoms with Crippen molar-refractivity contribution in [2.24, 2.45) is 23.2 Å². The average Bonchev–Trinajstić information content (AvgIpc) is 3.07. The van der Waals surface area contributed by atoms with Gasteiger partial charge in [-0.05, 0) is 131 Å². The second-order valence-electron chi connectivity index (χ2n) is 21.4. The Bertz CT molecular complexity index is 835. The zero-order valence-electron chi connectivity index (χ0n) is 38.6. The molecule has 0 aliphatic carbocycles. The lowest BCUT2D eigenvalue weighted by Gasteiger charge is -2.65. The monoisotopic (exact) mass is 729 g/mol. The molecule has 52 heavy (non-hydrogen) atoms. The predicted octanol–water partition coefficient (Wildman–Crippen LogP) is 16.2. The average molecular weight is 729 g/mol. The molecular weight excluding hydrogens is 629 g/mol. The van der Waals surface area contributed by atoms with Crippen molar-refractivity contribution < 1.29 is 0 Å². The molecule has 0 aromatic heterocycles. The van der Waals surface area contributed by atoms with Crippen LogP contribution in [0, 0.1) is 23.2 Å². The molecule has 0 bridgehead atoms. The van der Waals surface area contributed by atoms with E-state index in [9.17, 15) is 0 Å². The first-order valence-electron chi connectivity index (χ1n) is 24.0. The Balaban J connectivity index is 2.31. The zero-order valence-corrected chi connectivity index (χ0v) is 38.6. The number of nitrogens with zero attached hydrogens (tertiary/aromatic N) is 2. The molecule has 2 aliphatic heterocycles. The summed E-state index contributed by atoms with van der Waals surface area (Å²) in [6.45, 7) is 27.9. The van der Waals surface area contributed by atoms with Gasteiger partial charge in [-0.2, -0.15) is 0 Å². The van der Waals surface area contributed by atoms with Gasteiger partial charge in [-0.15, -0.1) is 0 Å². The van der Waals surface area contributed by atoms with E-state index in [0.717, 1.165) is 17.8 Å². The van der Waals surface area contributed by atoms with Crippen molar-refractivity contribution in [2.45, 2.75) is 285 Å². The summed E-state index contributed by atoms with van der Waals surface area (Å²) in [6, 6.07) is 0. The third-order valence-electron chi connectivity index (χ3n) is 15.8. The minimum Gasteiger partial charge on any atom is -0.296 e. The molecular formula is C50H100N2. The molecule has 310 valence electrons. The van der Waals surface area contributed by atoms with Gasteiger partial charge in [-0.25, -0.2) is 0 Å². The van der Waals surface area contributed by atoms with Crippen LogP contribution in [0.25, 0.3) is 0 Å². The minimum atomic E-state index is 0.236. The van der Waals surface area contributed by atoms with Crippen LogP contribution in [0.1, 0.15) is 262 Å². The summed E-state index contributed by atoms with van der Waals surface area (Å²) in [5.41, 5.74) is 1.37. The molecule has 0 spiro atoms. The molecule has 0 aromatic rings. The van der Waals surface area contributed by atoms with E-state index in [1.807, 2.05) is 0 Å². The standard InChI is InChI=1S/C50H100N2/c1-14-17-19-21-23-25-27-29-31-33-35-37-43(16-3)50(44-39-46(4,5)51(12)47(6,7)40-44,45-41-48(8,9)52(13)49(10,11)42-45)38-36-34-32-30-28-26-24-22-20-18-15-2/h43-45H,14-42H2,1-13H3. The summed E-state index contributed by atoms with van der Waals surface area (Å²) in [5, 5.41) is 0. The Labute approximate surface area is 330 Å². The summed E-state index contributed by atoms with van der Waals surface area (Å²) in [7, 11) is 4.87. The number of unbranched alkanes of at least 4 members (excludes halogenated alkanes) is 20. The lowest BCUT2D eigenvalue weighted by molar-refractivity contribution is -0.149. The van der Waals surface area contributed by atoms with Gasteiger partial charge in [0.15, 0.2) is 0 Å². The molecule has 0 amide bonds. The summed E-state index contributed by atoms with van der Waals surface area (Å²) in [4.78, 5) is 5.52. The molecule has 2 heteroatoms. The molecule has 1 unspecified atom stereocenters. The quantitative estimate of drug-likeness (QED) is 0.0740. The van der Waals surface area contributed by atoms with Crippen LogP contribution in [-0.4, -0.2) is 46.1 Å². The van der Waals surface area contributed by atoms with Gasteiger partial charge in [0, 0.05) is 22.2 Å². The molecule has 2 aliphatic rings. The normalized spacial score (nSPS) is 21.9. The van der Waals surface area contributed by atoms with Crippen LogP contribution in [0.4, 0.5) is 0 Å². The molecule has 2 rings (SSSR count). The molecule has 2 fully saturated rings. The van der Waals surface area contributed by atoms with Crippen LogP contribution < -0.4 is 0 Å². The van der Waals surface area contributed by atoms with Gasteiger partial charge in [0.1, 0.15) is 0 Å². The summed E-state index contributed by atoms with van der Waals surface area (Å²) < 4.78 is 0. The van der Waals surface area contributed by atoms with Crippen LogP contribution in [0.3, 0.4) is 0 Å². The van der Waals surface area contributed by atoms with E-state index in [1.54, 1.807) is 0 Å². The predicted molar refractivity (Wildman–Crippen MR) is 236 cm³/mol. The van der Waals surface area contributed by atoms with Crippen molar-refractivity contribution in [3.05, 3.63) is 0 Å². The minimum absolute atomic E-state index is 0.236. The van der Waals surface area contributed by atoms with E-state index in [2.05, 4.69) is 100 Å². The summed E-state index contributed by atoms with van der Waals surface area (Å²) in [6.07, 6.45) is 41.6. The van der Waals surface area contributed by atoms with Crippen molar-refractivity contribution >= 4 is 0 Å². The van der Waals surface area contributed by atoms with Crippen molar-refractivity contribution in [1.82, 2.24) is 9.80 Å². The van der Waals surface area contributed by atoms with Crippen molar-refractivity contribution in [2.75, 3.05) is 14.1 Å². The van der Waals surface area contributed by atoms with Crippen molar-refractivity contribution in [1.29, 1.82) is 0 Å². The van der Waals surface area contributed by atoms with Gasteiger partial charge in [-0.1, -0.05) is 168 Å². The summed E-state index contributed by atoms with van der Waals surface area (Å²) >= 11 is 0. The highest BCUT2D eigenvalue weighted by Crippen LogP contribution is 2.62. The number of hydrogen-bond acceptors (Lipinski definition) is 2. The second kappa shape index (κ2) is 23.2. The largest absolute Gasteiger partial charge is 0.296 e. The Kier molecular flexibility index (Phi) is 21.5. The van der Waals surface area contributed by atoms with Crippen LogP contribution in [0.2, 0.25) is 0 Å². The number of rotatable bonds is 28. The molecule has 1 atom stereocenters. The Morgan fingerprint density at radius 2 is 0.692 bits per heavy atom. The third kappa shape index (κ3) is 14.5. The number of hydrogen-bond donors (Lipinski definition) is 0. The van der Waals surface area contributed by atoms with E-state index in [-0.39, 0.29) is 22.2 Å². The Morgan fingerprint density at radius 1 is 0.423 bits per heavy atom. The molecule has 2 heterocycles. The number of likely N-dealkylation sites (tertiary alicyclic amines) is 2. The fraction of sp³-hybridized carbons (Fsp3) is 1.00. The molecule has 2 saturated heterocycles. The molecule has 0 radical (unpaired) electrons. The van der Waals surface area contributed by atoms with Gasteiger partial charge in [-0.3, -0.25) is 9.80 Å². The highest BCUT2D eigenvalue weighted by atomic mass is 15.2. The maximum Gasteiger partial charge on any atom is 0.0158 e. The van der Waals surface area contributed by atoms with E-state index in [0.29, 0.717) is 5.41 Å². The van der Waals surface area contributed by atoms with Crippen molar-refractivity contribution in [3.63, 3.8) is 0 Å². The van der Waals surface area contributed by atoms with Crippen LogP contribution >= 0.6 is 0 Å². The molecule has 2 nitrogen and oxygen atoms in total. The first-order chi connectivity index (χ1) is 24.5. The zero-order chi connectivity index (χ0) is 38.9. The first-order valence-corrected chi connectivity index (χ1v) is 24.0. The topological polar surface area (TPSA) is 6.48 Å². The van der Waals surface area contributed by atoms with E-state index in [1.165, 1.54) is 186 Å². The van der Waals surface area contributed by atoms with Crippen LogP contribution in [-0.2, 0) is 0 Å². The van der Waals surface area contributed by atoms with Gasteiger partial charge >= 0.3 is 0 Å². The van der Waals surface area contributed by atoms with Crippen LogP contribution in [0.5, 0.6) is 0 Å². The Morgan fingerprint density at radius 3 is 0.981 bits per heavy atom. The lowest BCUT2D eigenvalue weighted by atomic mass is 9.47. The van der Waals surface area contributed by atoms with Gasteiger partial charge < -0.3 is 0 Å². The van der Waals surface area contributed by atoms with E-state index in [4.69, 9.17) is 0 Å². The van der Waals surface area contributed by atoms with Gasteiger partial charge in [0.05, 0.1) is 0 Å². The first kappa shape index (κ1) is 48.1. The smallest absolute Gasteiger partial charge is 0.0158 e. The van der Waals surface area contributed by atoms with Gasteiger partial charge in [0.2, 0.25) is 0 Å². The Hall–Kier alpha value is -0.0800. The van der Waals surface area contributed by atoms with E-state index < -0.39 is 0 Å². The van der Waals surface area contributed by atoms with Gasteiger partial charge in [0.25, 0.3) is 0 Å². The fourth-order valence-corrected chi connectivity index (χ4v) is 12.1. The third-order valence-corrected chi connectivity index (χ3v) is 15.8. The van der Waals surface area contributed by atoms with E-state index >= 15 is 0 Å². The molecule has 0 saturated carbocycles. The summed E-state index contributed by atoms with van der Waals surface area (Å²) in [5.74, 6) is 2.44. The lowest BCUT2D eigenvalue weighted by Crippen LogP contribution is -2.65. The van der Waals surface area contributed by atoms with Crippen molar-refractivity contribution in [3.8, 4) is 0 Å². The highest BCUT2D eigenvalue weighted by molar-refractivity contribution is 5.11. The second-order valence-corrected chi connectivity index (χ2v) is 21.4. The number of piperidine rings is 2. The fourth-order valence-electron chi connectivity index (χ4n) is 12.1. The maximum absolute atomic E-state index is 2.76. The van der Waals surface area contributed by atoms with Crippen LogP contribution in [0.15, 0.2) is 0 Å². The SMILES string of the molecule is CCCCCCCCCCCCCC(CC)C(CCCCCCCCCCCCC)(C1CC(C)(C)N(C)C(C)(C)C1)C1CC(C)(C)N(C)C(C)(C)C1. The highest BCUT2D eigenvalue weighted by Gasteiger charge is 2.58. The maximum atomic E-state index is 2.76. The molecule has 0 aromatic carbocycles. The molecule has 0 N–H and O–H groups in total.